The molecule has 0 aliphatic heterocycles. The summed E-state index contributed by atoms with van der Waals surface area (Å²) < 4.78 is 13.1. The van der Waals surface area contributed by atoms with Crippen molar-refractivity contribution in [1.82, 2.24) is 15.0 Å². The van der Waals surface area contributed by atoms with E-state index in [-0.39, 0.29) is 17.1 Å². The average molecular weight is 311 g/mol. The van der Waals surface area contributed by atoms with Crippen molar-refractivity contribution in [2.75, 3.05) is 19.8 Å². The van der Waals surface area contributed by atoms with E-state index in [0.29, 0.717) is 0 Å². The first-order chi connectivity index (χ1) is 10.2. The molecule has 0 amide bonds. The topological polar surface area (TPSA) is 49.2 Å². The Morgan fingerprint density at radius 3 is 2.41 bits per heavy atom. The molecule has 22 heavy (non-hydrogen) atoms. The fourth-order valence-electron chi connectivity index (χ4n) is 2.13. The summed E-state index contributed by atoms with van der Waals surface area (Å²) >= 11 is 0. The Hall–Kier alpha value is -0.940. The fraction of sp³-hybridized carbons (Fsp3) is 0.882. The van der Waals surface area contributed by atoms with Crippen molar-refractivity contribution in [3.8, 4) is 0 Å². The lowest BCUT2D eigenvalue weighted by Crippen LogP contribution is -2.29. The zero-order chi connectivity index (χ0) is 16.8. The Morgan fingerprint density at radius 2 is 1.82 bits per heavy atom. The van der Waals surface area contributed by atoms with Gasteiger partial charge in [0.15, 0.2) is 0 Å². The van der Waals surface area contributed by atoms with E-state index >= 15 is 0 Å². The van der Waals surface area contributed by atoms with Crippen molar-refractivity contribution in [1.29, 1.82) is 0 Å². The van der Waals surface area contributed by atoms with Gasteiger partial charge in [0.25, 0.3) is 0 Å². The summed E-state index contributed by atoms with van der Waals surface area (Å²) in [5.41, 5.74) is 0.888. The van der Waals surface area contributed by atoms with E-state index in [2.05, 4.69) is 58.1 Å². The van der Waals surface area contributed by atoms with Crippen LogP contribution in [0, 0.1) is 0 Å². The second kappa shape index (κ2) is 8.06. The average Bonchev–Trinajstić information content (AvgIpc) is 2.89. The van der Waals surface area contributed by atoms with Crippen LogP contribution in [0.3, 0.4) is 0 Å². The predicted molar refractivity (Wildman–Crippen MR) is 89.2 cm³/mol. The molecule has 0 saturated carbocycles. The molecule has 5 heteroatoms. The van der Waals surface area contributed by atoms with Crippen LogP contribution in [0.5, 0.6) is 0 Å². The summed E-state index contributed by atoms with van der Waals surface area (Å²) in [6.07, 6.45) is 4.19. The third kappa shape index (κ3) is 5.69. The SMILES string of the molecule is CCOCCC(C)(C)c1cn(C(C)(C)CCOC(C)C)nn1. The van der Waals surface area contributed by atoms with Crippen LogP contribution in [-0.4, -0.2) is 40.9 Å². The Morgan fingerprint density at radius 1 is 1.14 bits per heavy atom. The molecule has 0 N–H and O–H groups in total. The summed E-state index contributed by atoms with van der Waals surface area (Å²) in [5.74, 6) is 0. The molecule has 0 aliphatic rings. The molecular weight excluding hydrogens is 278 g/mol. The third-order valence-corrected chi connectivity index (χ3v) is 4.05. The molecule has 0 bridgehead atoms. The van der Waals surface area contributed by atoms with Gasteiger partial charge in [-0.2, -0.15) is 0 Å². The molecule has 0 atom stereocenters. The van der Waals surface area contributed by atoms with Gasteiger partial charge >= 0.3 is 0 Å². The molecule has 1 aromatic heterocycles. The lowest BCUT2D eigenvalue weighted by Gasteiger charge is -2.25. The Bertz CT molecular complexity index is 439. The van der Waals surface area contributed by atoms with Crippen LogP contribution >= 0.6 is 0 Å². The smallest absolute Gasteiger partial charge is 0.0884 e. The molecule has 0 unspecified atom stereocenters. The third-order valence-electron chi connectivity index (χ3n) is 4.05. The fourth-order valence-corrected chi connectivity index (χ4v) is 2.13. The first kappa shape index (κ1) is 19.1. The molecular formula is C17H33N3O2. The molecule has 0 fully saturated rings. The first-order valence-electron chi connectivity index (χ1n) is 8.31. The van der Waals surface area contributed by atoms with Crippen molar-refractivity contribution in [3.63, 3.8) is 0 Å². The van der Waals surface area contributed by atoms with E-state index in [1.54, 1.807) is 0 Å². The van der Waals surface area contributed by atoms with Gasteiger partial charge in [-0.1, -0.05) is 19.1 Å². The highest BCUT2D eigenvalue weighted by Gasteiger charge is 2.28. The van der Waals surface area contributed by atoms with Crippen molar-refractivity contribution >= 4 is 0 Å². The minimum atomic E-state index is -0.101. The maximum atomic E-state index is 5.66. The highest BCUT2D eigenvalue weighted by molar-refractivity contribution is 5.09. The zero-order valence-corrected chi connectivity index (χ0v) is 15.3. The lowest BCUT2D eigenvalue weighted by molar-refractivity contribution is 0.0568. The van der Waals surface area contributed by atoms with E-state index in [1.807, 2.05) is 11.6 Å². The van der Waals surface area contributed by atoms with Crippen molar-refractivity contribution in [2.24, 2.45) is 0 Å². The van der Waals surface area contributed by atoms with Crippen molar-refractivity contribution in [3.05, 3.63) is 11.9 Å². The molecule has 1 heterocycles. The van der Waals surface area contributed by atoms with Gasteiger partial charge in [0.05, 0.1) is 17.3 Å². The van der Waals surface area contributed by atoms with Crippen LogP contribution in [0.1, 0.15) is 67.0 Å². The number of aromatic nitrogens is 3. The minimum absolute atomic E-state index is 0.0298. The van der Waals surface area contributed by atoms with Crippen LogP contribution in [-0.2, 0) is 20.4 Å². The monoisotopic (exact) mass is 311 g/mol. The van der Waals surface area contributed by atoms with Gasteiger partial charge in [-0.3, -0.25) is 0 Å². The lowest BCUT2D eigenvalue weighted by atomic mass is 9.86. The maximum Gasteiger partial charge on any atom is 0.0884 e. The van der Waals surface area contributed by atoms with E-state index in [4.69, 9.17) is 9.47 Å². The van der Waals surface area contributed by atoms with Gasteiger partial charge < -0.3 is 9.47 Å². The minimum Gasteiger partial charge on any atom is -0.382 e. The van der Waals surface area contributed by atoms with E-state index in [9.17, 15) is 0 Å². The van der Waals surface area contributed by atoms with Gasteiger partial charge in [-0.15, -0.1) is 5.10 Å². The Labute approximate surface area is 135 Å². The number of nitrogens with zero attached hydrogens (tertiary/aromatic N) is 3. The second-order valence-corrected chi connectivity index (χ2v) is 7.36. The van der Waals surface area contributed by atoms with Crippen LogP contribution in [0.25, 0.3) is 0 Å². The normalized spacial score (nSPS) is 13.1. The molecule has 5 nitrogen and oxygen atoms in total. The second-order valence-electron chi connectivity index (χ2n) is 7.36. The Balaban J connectivity index is 2.68. The maximum absolute atomic E-state index is 5.66. The van der Waals surface area contributed by atoms with Crippen LogP contribution < -0.4 is 0 Å². The standard InChI is InChI=1S/C17H33N3O2/c1-8-21-11-9-16(4,5)15-13-20(19-18-15)17(6,7)10-12-22-14(2)3/h13-14H,8-12H2,1-7H3. The van der Waals surface area contributed by atoms with E-state index < -0.39 is 0 Å². The molecule has 128 valence electrons. The molecule has 0 aliphatic carbocycles. The molecule has 1 rings (SSSR count). The summed E-state index contributed by atoms with van der Waals surface area (Å²) in [6.45, 7) is 17.1. The predicted octanol–water partition coefficient (Wildman–Crippen LogP) is 3.53. The largest absolute Gasteiger partial charge is 0.382 e. The van der Waals surface area contributed by atoms with Crippen LogP contribution in [0.2, 0.25) is 0 Å². The van der Waals surface area contributed by atoms with Crippen LogP contribution in [0.4, 0.5) is 0 Å². The number of hydrogen-bond acceptors (Lipinski definition) is 4. The summed E-state index contributed by atoms with van der Waals surface area (Å²) in [6, 6.07) is 0. The molecule has 1 aromatic rings. The number of rotatable bonds is 10. The van der Waals surface area contributed by atoms with Gasteiger partial charge in [-0.05, 0) is 47.5 Å². The summed E-state index contributed by atoms with van der Waals surface area (Å²) in [7, 11) is 0. The summed E-state index contributed by atoms with van der Waals surface area (Å²) in [4.78, 5) is 0. The highest BCUT2D eigenvalue weighted by Crippen LogP contribution is 2.27. The molecule has 0 saturated heterocycles. The van der Waals surface area contributed by atoms with Gasteiger partial charge in [-0.25, -0.2) is 4.68 Å². The molecule has 0 spiro atoms. The quantitative estimate of drug-likeness (QED) is 0.620. The number of hydrogen-bond donors (Lipinski definition) is 0. The first-order valence-corrected chi connectivity index (χ1v) is 8.31. The highest BCUT2D eigenvalue weighted by atomic mass is 16.5. The Kier molecular flexibility index (Phi) is 7.00. The van der Waals surface area contributed by atoms with Crippen LogP contribution in [0.15, 0.2) is 6.20 Å². The van der Waals surface area contributed by atoms with Crippen molar-refractivity contribution in [2.45, 2.75) is 78.4 Å². The molecule has 0 aromatic carbocycles. The van der Waals surface area contributed by atoms with E-state index in [1.165, 1.54) is 0 Å². The van der Waals surface area contributed by atoms with Gasteiger partial charge in [0.1, 0.15) is 0 Å². The number of ether oxygens (including phenoxy) is 2. The summed E-state index contributed by atoms with van der Waals surface area (Å²) in [5, 5.41) is 8.74. The molecule has 0 radical (unpaired) electrons. The van der Waals surface area contributed by atoms with Gasteiger partial charge in [0, 0.05) is 31.4 Å². The van der Waals surface area contributed by atoms with Crippen molar-refractivity contribution < 1.29 is 9.47 Å². The van der Waals surface area contributed by atoms with E-state index in [0.717, 1.165) is 38.4 Å². The zero-order valence-electron chi connectivity index (χ0n) is 15.3. The van der Waals surface area contributed by atoms with Gasteiger partial charge in [0.2, 0.25) is 0 Å².